The maximum absolute atomic E-state index is 13.2. The molecule has 1 aliphatic carbocycles. The monoisotopic (exact) mass is 542 g/mol. The zero-order valence-electron chi connectivity index (χ0n) is 22.9. The molecule has 3 heterocycles. The first-order valence-electron chi connectivity index (χ1n) is 13.4. The Kier molecular flexibility index (Phi) is 9.33. The Morgan fingerprint density at radius 2 is 1.95 bits per heavy atom. The topological polar surface area (TPSA) is 144 Å². The fraction of sp³-hybridized carbons (Fsp3) is 0.615. The number of hydrogen-bond acceptors (Lipinski definition) is 7. The van der Waals surface area contributed by atoms with Crippen molar-refractivity contribution in [3.63, 3.8) is 0 Å². The van der Waals surface area contributed by atoms with Crippen LogP contribution in [0.15, 0.2) is 12.5 Å². The predicted octanol–water partition coefficient (Wildman–Crippen LogP) is -0.342. The van der Waals surface area contributed by atoms with E-state index in [0.717, 1.165) is 17.7 Å². The number of imidazole rings is 1. The van der Waals surface area contributed by atoms with Crippen LogP contribution in [-0.4, -0.2) is 105 Å². The molecule has 2 aromatic rings. The zero-order chi connectivity index (χ0) is 27.9. The molecule has 13 nitrogen and oxygen atoms in total. The van der Waals surface area contributed by atoms with Crippen LogP contribution >= 0.6 is 0 Å². The first-order valence-corrected chi connectivity index (χ1v) is 13.4. The van der Waals surface area contributed by atoms with Crippen LogP contribution in [0.5, 0.6) is 0 Å². The Labute approximate surface area is 227 Å². The smallest absolute Gasteiger partial charge is 0.274 e. The van der Waals surface area contributed by atoms with Gasteiger partial charge in [-0.05, 0) is 32.1 Å². The van der Waals surface area contributed by atoms with Crippen LogP contribution in [0.4, 0.5) is 0 Å². The number of fused-ring (bicyclic) bond motifs is 1. The molecule has 39 heavy (non-hydrogen) atoms. The van der Waals surface area contributed by atoms with Gasteiger partial charge in [0, 0.05) is 77.3 Å². The van der Waals surface area contributed by atoms with E-state index in [-0.39, 0.29) is 42.6 Å². The molecule has 1 atom stereocenters. The van der Waals surface area contributed by atoms with Gasteiger partial charge in [0.2, 0.25) is 11.8 Å². The minimum absolute atomic E-state index is 0.0808. The molecule has 2 N–H and O–H groups in total. The van der Waals surface area contributed by atoms with Gasteiger partial charge in [-0.1, -0.05) is 0 Å². The number of nitrogens with one attached hydrogen (secondary N) is 2. The normalized spacial score (nSPS) is 19.8. The van der Waals surface area contributed by atoms with Crippen molar-refractivity contribution in [2.24, 2.45) is 14.1 Å². The summed E-state index contributed by atoms with van der Waals surface area (Å²) in [5, 5.41) is 10.5. The minimum atomic E-state index is -0.265. The lowest BCUT2D eigenvalue weighted by Gasteiger charge is -2.27. The summed E-state index contributed by atoms with van der Waals surface area (Å²) >= 11 is 0. The number of aryl methyl sites for hydroxylation is 2. The van der Waals surface area contributed by atoms with Gasteiger partial charge in [-0.15, -0.1) is 0 Å². The fourth-order valence-electron chi connectivity index (χ4n) is 5.17. The van der Waals surface area contributed by atoms with Crippen molar-refractivity contribution in [1.29, 1.82) is 0 Å². The van der Waals surface area contributed by atoms with Gasteiger partial charge in [-0.3, -0.25) is 23.9 Å². The number of carbonyl (C=O) groups excluding carboxylic acids is 4. The summed E-state index contributed by atoms with van der Waals surface area (Å²) in [7, 11) is 5.17. The summed E-state index contributed by atoms with van der Waals surface area (Å²) in [5.74, 6) is -0.916. The fourth-order valence-corrected chi connectivity index (χ4v) is 5.17. The van der Waals surface area contributed by atoms with E-state index in [1.165, 1.54) is 4.90 Å². The van der Waals surface area contributed by atoms with Gasteiger partial charge in [0.15, 0.2) is 5.69 Å². The molecule has 13 heteroatoms. The number of amides is 4. The molecule has 0 spiro atoms. The second kappa shape index (κ2) is 12.9. The van der Waals surface area contributed by atoms with Crippen LogP contribution in [0.1, 0.15) is 57.9 Å². The summed E-state index contributed by atoms with van der Waals surface area (Å²) in [5.41, 5.74) is 2.52. The molecular formula is C26H38N8O5. The number of carbonyl (C=O) groups is 4. The van der Waals surface area contributed by atoms with E-state index in [1.807, 2.05) is 7.05 Å². The standard InChI is InChI=1S/C26H38N8O5/c1-31-15-20(28-17-31)26(38)33-10-4-6-23(36)34(12-13-39-3)16-22(35)29-18-7-8-21-19(14-18)24(30-32(21)2)25(37)27-9-5-11-33/h15,17-18H,4-14,16H2,1-3H3,(H,27,37)(H,29,35). The third kappa shape index (κ3) is 7.02. The number of ether oxygens (including phenoxy) is 1. The Morgan fingerprint density at radius 1 is 1.15 bits per heavy atom. The van der Waals surface area contributed by atoms with Crippen LogP contribution in [-0.2, 0) is 41.3 Å². The molecule has 2 aliphatic rings. The summed E-state index contributed by atoms with van der Waals surface area (Å²) in [4.78, 5) is 59.6. The number of aromatic nitrogens is 4. The molecular weight excluding hydrogens is 504 g/mol. The van der Waals surface area contributed by atoms with E-state index >= 15 is 0 Å². The van der Waals surface area contributed by atoms with Gasteiger partial charge >= 0.3 is 0 Å². The summed E-state index contributed by atoms with van der Waals surface area (Å²) in [6.45, 7) is 1.62. The Morgan fingerprint density at radius 3 is 2.69 bits per heavy atom. The van der Waals surface area contributed by atoms with Crippen molar-refractivity contribution in [2.75, 3.05) is 46.4 Å². The molecule has 0 fully saturated rings. The first kappa shape index (κ1) is 28.3. The van der Waals surface area contributed by atoms with E-state index in [1.54, 1.807) is 40.8 Å². The average Bonchev–Trinajstić information content (AvgIpc) is 3.49. The molecule has 0 radical (unpaired) electrons. The van der Waals surface area contributed by atoms with Crippen LogP contribution < -0.4 is 10.6 Å². The minimum Gasteiger partial charge on any atom is -0.383 e. The van der Waals surface area contributed by atoms with Crippen molar-refractivity contribution >= 4 is 23.6 Å². The first-order chi connectivity index (χ1) is 18.8. The highest BCUT2D eigenvalue weighted by molar-refractivity contribution is 5.94. The van der Waals surface area contributed by atoms with Crippen molar-refractivity contribution < 1.29 is 23.9 Å². The van der Waals surface area contributed by atoms with Gasteiger partial charge in [0.05, 0.1) is 19.5 Å². The molecule has 0 saturated heterocycles. The number of nitrogens with zero attached hydrogens (tertiary/aromatic N) is 6. The van der Waals surface area contributed by atoms with E-state index in [2.05, 4.69) is 20.7 Å². The van der Waals surface area contributed by atoms with Crippen LogP contribution in [0.3, 0.4) is 0 Å². The largest absolute Gasteiger partial charge is 0.383 e. The average molecular weight is 543 g/mol. The summed E-state index contributed by atoms with van der Waals surface area (Å²) in [6.07, 6.45) is 6.28. The second-order valence-electron chi connectivity index (χ2n) is 10.1. The lowest BCUT2D eigenvalue weighted by molar-refractivity contribution is -0.137. The van der Waals surface area contributed by atoms with Gasteiger partial charge in [-0.25, -0.2) is 4.98 Å². The molecule has 4 amide bonds. The molecule has 0 saturated carbocycles. The SMILES string of the molecule is COCCN1CC(=O)NC2CCc3c(c(nn3C)C(=O)NCCCN(C(=O)c3cn(C)cn3)CCCC1=O)C2. The number of rotatable bonds is 4. The van der Waals surface area contributed by atoms with Crippen LogP contribution in [0.25, 0.3) is 0 Å². The Hall–Kier alpha value is -3.74. The highest BCUT2D eigenvalue weighted by Gasteiger charge is 2.30. The molecule has 1 aliphatic heterocycles. The Balaban J connectivity index is 1.54. The molecule has 0 aromatic carbocycles. The maximum Gasteiger partial charge on any atom is 0.274 e. The molecule has 1 unspecified atom stereocenters. The van der Waals surface area contributed by atoms with Crippen LogP contribution in [0, 0.1) is 0 Å². The number of hydrogen-bond donors (Lipinski definition) is 2. The molecule has 2 aromatic heterocycles. The van der Waals surface area contributed by atoms with Gasteiger partial charge in [0.25, 0.3) is 11.8 Å². The van der Waals surface area contributed by atoms with E-state index in [9.17, 15) is 19.2 Å². The van der Waals surface area contributed by atoms with Gasteiger partial charge in [-0.2, -0.15) is 5.10 Å². The van der Waals surface area contributed by atoms with Crippen molar-refractivity contribution in [3.05, 3.63) is 35.2 Å². The third-order valence-electron chi connectivity index (χ3n) is 7.21. The van der Waals surface area contributed by atoms with Crippen LogP contribution in [0.2, 0.25) is 0 Å². The van der Waals surface area contributed by atoms with E-state index in [0.29, 0.717) is 69.9 Å². The quantitative estimate of drug-likeness (QED) is 0.538. The lowest BCUT2D eigenvalue weighted by atomic mass is 9.91. The highest BCUT2D eigenvalue weighted by Crippen LogP contribution is 2.24. The maximum atomic E-state index is 13.2. The van der Waals surface area contributed by atoms with Crippen molar-refractivity contribution in [3.8, 4) is 0 Å². The summed E-state index contributed by atoms with van der Waals surface area (Å²) in [6, 6.07) is -0.148. The summed E-state index contributed by atoms with van der Waals surface area (Å²) < 4.78 is 8.60. The Bertz CT molecular complexity index is 1210. The molecule has 2 bridgehead atoms. The number of methoxy groups -OCH3 is 1. The van der Waals surface area contributed by atoms with Gasteiger partial charge < -0.3 is 29.7 Å². The van der Waals surface area contributed by atoms with Crippen molar-refractivity contribution in [1.82, 2.24) is 39.8 Å². The molecule has 4 rings (SSSR count). The van der Waals surface area contributed by atoms with Gasteiger partial charge in [0.1, 0.15) is 5.69 Å². The molecule has 212 valence electrons. The third-order valence-corrected chi connectivity index (χ3v) is 7.21. The van der Waals surface area contributed by atoms with E-state index < -0.39 is 0 Å². The zero-order valence-corrected chi connectivity index (χ0v) is 22.9. The van der Waals surface area contributed by atoms with E-state index in [4.69, 9.17) is 4.74 Å². The second-order valence-corrected chi connectivity index (χ2v) is 10.1. The van der Waals surface area contributed by atoms with Crippen molar-refractivity contribution in [2.45, 2.75) is 44.6 Å². The predicted molar refractivity (Wildman–Crippen MR) is 141 cm³/mol. The lowest BCUT2D eigenvalue weighted by Crippen LogP contribution is -2.47. The highest BCUT2D eigenvalue weighted by atomic mass is 16.5.